The van der Waals surface area contributed by atoms with E-state index in [0.29, 0.717) is 25.2 Å². The Balaban J connectivity index is 1.71. The Morgan fingerprint density at radius 1 is 1.45 bits per heavy atom. The molecule has 1 saturated heterocycles. The fraction of sp³-hybridized carbons (Fsp3) is 0.800. The lowest BCUT2D eigenvalue weighted by molar-refractivity contribution is 0.114. The highest BCUT2D eigenvalue weighted by Gasteiger charge is 2.23. The van der Waals surface area contributed by atoms with Crippen LogP contribution in [0.3, 0.4) is 0 Å². The van der Waals surface area contributed by atoms with Crippen molar-refractivity contribution in [3.8, 4) is 0 Å². The monoisotopic (exact) mass is 308 g/mol. The van der Waals surface area contributed by atoms with Gasteiger partial charge in [0, 0.05) is 25.2 Å². The Kier molecular flexibility index (Phi) is 6.18. The first kappa shape index (κ1) is 16.7. The number of aromatic nitrogens is 3. The Morgan fingerprint density at radius 2 is 2.27 bits per heavy atom. The molecule has 1 aliphatic rings. The molecule has 124 valence electrons. The van der Waals surface area contributed by atoms with Crippen molar-refractivity contribution >= 4 is 6.03 Å². The van der Waals surface area contributed by atoms with Crippen LogP contribution in [0.1, 0.15) is 45.9 Å². The molecule has 2 rings (SSSR count). The maximum absolute atomic E-state index is 11.9. The summed E-state index contributed by atoms with van der Waals surface area (Å²) in [6, 6.07) is 0.819. The number of hydrogen-bond donors (Lipinski definition) is 2. The van der Waals surface area contributed by atoms with Gasteiger partial charge >= 0.3 is 6.03 Å². The number of carbonyl (C=O) groups excluding carboxylic acids is 1. The lowest BCUT2D eigenvalue weighted by atomic mass is 10.0. The molecule has 2 amide bonds. The summed E-state index contributed by atoms with van der Waals surface area (Å²) >= 11 is 0. The molecule has 0 spiro atoms. The van der Waals surface area contributed by atoms with Crippen LogP contribution in [0.2, 0.25) is 0 Å². The van der Waals surface area contributed by atoms with Crippen LogP contribution in [0.25, 0.3) is 0 Å². The van der Waals surface area contributed by atoms with Crippen molar-refractivity contribution in [2.45, 2.75) is 65.2 Å². The first-order chi connectivity index (χ1) is 10.6. The third-order valence-electron chi connectivity index (χ3n) is 4.42. The van der Waals surface area contributed by atoms with Gasteiger partial charge in [0.15, 0.2) is 5.82 Å². The second kappa shape index (κ2) is 8.12. The number of piperidine rings is 1. The Hall–Kier alpha value is -1.63. The van der Waals surface area contributed by atoms with Crippen LogP contribution in [-0.2, 0) is 13.1 Å². The number of carbonyl (C=O) groups is 1. The number of hydrogen-bond acceptors (Lipinski definition) is 4. The SMILES string of the molecule is CCn1cnnc1CNC(=O)NCC(C)N1CCCCC1C. The highest BCUT2D eigenvalue weighted by molar-refractivity contribution is 5.73. The minimum atomic E-state index is -0.151. The van der Waals surface area contributed by atoms with E-state index in [1.165, 1.54) is 19.3 Å². The molecule has 7 heteroatoms. The van der Waals surface area contributed by atoms with Crippen LogP contribution in [0.4, 0.5) is 4.79 Å². The Labute approximate surface area is 132 Å². The molecule has 2 atom stereocenters. The highest BCUT2D eigenvalue weighted by atomic mass is 16.2. The Bertz CT molecular complexity index is 474. The number of urea groups is 1. The van der Waals surface area contributed by atoms with Gasteiger partial charge in [-0.25, -0.2) is 4.79 Å². The quantitative estimate of drug-likeness (QED) is 0.832. The zero-order valence-electron chi connectivity index (χ0n) is 13.9. The largest absolute Gasteiger partial charge is 0.337 e. The number of nitrogens with one attached hydrogen (secondary N) is 2. The fourth-order valence-electron chi connectivity index (χ4n) is 3.03. The molecule has 2 heterocycles. The van der Waals surface area contributed by atoms with E-state index in [9.17, 15) is 4.79 Å². The number of aryl methyl sites for hydroxylation is 1. The van der Waals surface area contributed by atoms with E-state index in [-0.39, 0.29) is 6.03 Å². The lowest BCUT2D eigenvalue weighted by Gasteiger charge is -2.38. The topological polar surface area (TPSA) is 75.1 Å². The first-order valence-electron chi connectivity index (χ1n) is 8.26. The van der Waals surface area contributed by atoms with E-state index in [2.05, 4.69) is 39.6 Å². The molecule has 22 heavy (non-hydrogen) atoms. The summed E-state index contributed by atoms with van der Waals surface area (Å²) in [4.78, 5) is 14.4. The van der Waals surface area contributed by atoms with Crippen molar-refractivity contribution in [2.75, 3.05) is 13.1 Å². The zero-order valence-corrected chi connectivity index (χ0v) is 13.9. The van der Waals surface area contributed by atoms with Gasteiger partial charge in [-0.2, -0.15) is 0 Å². The van der Waals surface area contributed by atoms with E-state index >= 15 is 0 Å². The van der Waals surface area contributed by atoms with E-state index in [1.807, 2.05) is 11.5 Å². The van der Waals surface area contributed by atoms with Gasteiger partial charge in [0.2, 0.25) is 0 Å². The molecule has 0 saturated carbocycles. The molecular weight excluding hydrogens is 280 g/mol. The molecule has 7 nitrogen and oxygen atoms in total. The van der Waals surface area contributed by atoms with Crippen LogP contribution in [0.15, 0.2) is 6.33 Å². The average molecular weight is 308 g/mol. The van der Waals surface area contributed by atoms with Gasteiger partial charge in [-0.3, -0.25) is 4.90 Å². The summed E-state index contributed by atoms with van der Waals surface area (Å²) < 4.78 is 1.91. The van der Waals surface area contributed by atoms with Gasteiger partial charge in [-0.1, -0.05) is 6.42 Å². The third-order valence-corrected chi connectivity index (χ3v) is 4.42. The molecular formula is C15H28N6O. The third kappa shape index (κ3) is 4.43. The smallest absolute Gasteiger partial charge is 0.315 e. The van der Waals surface area contributed by atoms with Crippen LogP contribution in [0, 0.1) is 0 Å². The van der Waals surface area contributed by atoms with Crippen molar-refractivity contribution in [3.63, 3.8) is 0 Å². The summed E-state index contributed by atoms with van der Waals surface area (Å²) in [5.41, 5.74) is 0. The van der Waals surface area contributed by atoms with Gasteiger partial charge in [0.25, 0.3) is 0 Å². The van der Waals surface area contributed by atoms with Crippen LogP contribution in [-0.4, -0.2) is 50.9 Å². The molecule has 1 fully saturated rings. The molecule has 0 aromatic carbocycles. The summed E-state index contributed by atoms with van der Waals surface area (Å²) in [6.45, 7) is 9.46. The minimum absolute atomic E-state index is 0.151. The molecule has 0 radical (unpaired) electrons. The molecule has 2 unspecified atom stereocenters. The van der Waals surface area contributed by atoms with Gasteiger partial charge < -0.3 is 15.2 Å². The van der Waals surface area contributed by atoms with E-state index in [4.69, 9.17) is 0 Å². The van der Waals surface area contributed by atoms with Crippen molar-refractivity contribution in [3.05, 3.63) is 12.2 Å². The highest BCUT2D eigenvalue weighted by Crippen LogP contribution is 2.18. The normalized spacial score (nSPS) is 20.6. The number of likely N-dealkylation sites (tertiary alicyclic amines) is 1. The Morgan fingerprint density at radius 3 is 3.00 bits per heavy atom. The second-order valence-corrected chi connectivity index (χ2v) is 6.03. The maximum atomic E-state index is 11.9. The zero-order chi connectivity index (χ0) is 15.9. The summed E-state index contributed by atoms with van der Waals surface area (Å²) in [6.07, 6.45) is 5.50. The van der Waals surface area contributed by atoms with Gasteiger partial charge in [0.05, 0.1) is 6.54 Å². The van der Waals surface area contributed by atoms with Gasteiger partial charge in [-0.05, 0) is 40.2 Å². The summed E-state index contributed by atoms with van der Waals surface area (Å²) in [5.74, 6) is 0.773. The fourth-order valence-corrected chi connectivity index (χ4v) is 3.03. The average Bonchev–Trinajstić information content (AvgIpc) is 2.98. The van der Waals surface area contributed by atoms with E-state index in [1.54, 1.807) is 6.33 Å². The number of amides is 2. The summed E-state index contributed by atoms with van der Waals surface area (Å²) in [5, 5.41) is 13.6. The lowest BCUT2D eigenvalue weighted by Crippen LogP contribution is -2.49. The molecule has 1 aliphatic heterocycles. The molecule has 2 N–H and O–H groups in total. The van der Waals surface area contributed by atoms with Crippen LogP contribution in [0.5, 0.6) is 0 Å². The van der Waals surface area contributed by atoms with Gasteiger partial charge in [0.1, 0.15) is 6.33 Å². The van der Waals surface area contributed by atoms with Gasteiger partial charge in [-0.15, -0.1) is 10.2 Å². The molecule has 0 aliphatic carbocycles. The molecule has 1 aromatic rings. The van der Waals surface area contributed by atoms with Crippen molar-refractivity contribution in [1.82, 2.24) is 30.3 Å². The van der Waals surface area contributed by atoms with Crippen molar-refractivity contribution in [1.29, 1.82) is 0 Å². The van der Waals surface area contributed by atoms with Crippen LogP contribution < -0.4 is 10.6 Å². The van der Waals surface area contributed by atoms with Crippen molar-refractivity contribution < 1.29 is 4.79 Å². The van der Waals surface area contributed by atoms with Crippen LogP contribution >= 0.6 is 0 Å². The number of nitrogens with zero attached hydrogens (tertiary/aromatic N) is 4. The minimum Gasteiger partial charge on any atom is -0.337 e. The molecule has 1 aromatic heterocycles. The molecule has 0 bridgehead atoms. The maximum Gasteiger partial charge on any atom is 0.315 e. The van der Waals surface area contributed by atoms with E-state index < -0.39 is 0 Å². The first-order valence-corrected chi connectivity index (χ1v) is 8.26. The predicted molar refractivity (Wildman–Crippen MR) is 85.4 cm³/mol. The number of rotatable bonds is 6. The standard InChI is InChI=1S/C15H28N6O/c1-4-20-11-18-19-14(20)10-17-15(22)16-9-13(3)21-8-6-5-7-12(21)2/h11-13H,4-10H2,1-3H3,(H2,16,17,22). The predicted octanol–water partition coefficient (Wildman–Crippen LogP) is 1.36. The second-order valence-electron chi connectivity index (χ2n) is 6.03. The van der Waals surface area contributed by atoms with E-state index in [0.717, 1.165) is 18.9 Å². The summed E-state index contributed by atoms with van der Waals surface area (Å²) in [7, 11) is 0. The van der Waals surface area contributed by atoms with Crippen molar-refractivity contribution in [2.24, 2.45) is 0 Å².